The molecule has 1 aliphatic rings. The molecular formula is C12H20N4O4S. The highest BCUT2D eigenvalue weighted by molar-refractivity contribution is 7.89. The van der Waals surface area contributed by atoms with E-state index in [-0.39, 0.29) is 17.0 Å². The molecule has 0 amide bonds. The van der Waals surface area contributed by atoms with Crippen molar-refractivity contribution in [3.8, 4) is 0 Å². The summed E-state index contributed by atoms with van der Waals surface area (Å²) >= 11 is 0. The summed E-state index contributed by atoms with van der Waals surface area (Å²) in [4.78, 5) is 23.4. The molecule has 1 fully saturated rings. The second-order valence-corrected chi connectivity index (χ2v) is 7.45. The molecule has 1 aromatic heterocycles. The number of nitrogens with zero attached hydrogens (tertiary/aromatic N) is 3. The Labute approximate surface area is 123 Å². The molecule has 0 radical (unpaired) electrons. The largest absolute Gasteiger partial charge is 0.330 e. The predicted molar refractivity (Wildman–Crippen MR) is 77.7 cm³/mol. The van der Waals surface area contributed by atoms with Crippen LogP contribution in [0.5, 0.6) is 0 Å². The van der Waals surface area contributed by atoms with Crippen molar-refractivity contribution in [1.29, 1.82) is 0 Å². The van der Waals surface area contributed by atoms with Crippen molar-refractivity contribution < 1.29 is 8.42 Å². The molecule has 21 heavy (non-hydrogen) atoms. The van der Waals surface area contributed by atoms with E-state index in [2.05, 4.69) is 5.32 Å². The smallest absolute Gasteiger partial charge is 0.309 e. The third-order valence-corrected chi connectivity index (χ3v) is 5.37. The lowest BCUT2D eigenvalue weighted by molar-refractivity contribution is 0.262. The zero-order valence-electron chi connectivity index (χ0n) is 12.5. The molecule has 1 N–H and O–H groups in total. The van der Waals surface area contributed by atoms with Crippen LogP contribution in [0, 0.1) is 0 Å². The van der Waals surface area contributed by atoms with Crippen molar-refractivity contribution in [3.05, 3.63) is 27.0 Å². The van der Waals surface area contributed by atoms with Gasteiger partial charge < -0.3 is 9.88 Å². The molecular weight excluding hydrogens is 296 g/mol. The van der Waals surface area contributed by atoms with Crippen LogP contribution in [0.25, 0.3) is 0 Å². The Bertz CT molecular complexity index is 754. The number of aryl methyl sites for hydroxylation is 1. The van der Waals surface area contributed by atoms with Crippen LogP contribution in [0.15, 0.2) is 20.7 Å². The standard InChI is InChI=1S/C12H20N4O4S/c1-8-5-16(6-9(2)13-8)21(19,20)10-7-14(3)12(18)15(4)11(10)17/h7-9,13H,5-6H2,1-4H3/t8-,9-/m0/s1. The van der Waals surface area contributed by atoms with Crippen LogP contribution in [0.4, 0.5) is 0 Å². The minimum atomic E-state index is -3.92. The minimum Gasteiger partial charge on any atom is -0.309 e. The molecule has 9 heteroatoms. The van der Waals surface area contributed by atoms with Gasteiger partial charge in [-0.05, 0) is 13.8 Å². The molecule has 2 heterocycles. The number of sulfonamides is 1. The average molecular weight is 316 g/mol. The first-order valence-electron chi connectivity index (χ1n) is 6.67. The minimum absolute atomic E-state index is 0.0000845. The number of hydrogen-bond donors (Lipinski definition) is 1. The fourth-order valence-electron chi connectivity index (χ4n) is 2.56. The van der Waals surface area contributed by atoms with E-state index in [0.717, 1.165) is 15.3 Å². The lowest BCUT2D eigenvalue weighted by Crippen LogP contribution is -2.56. The van der Waals surface area contributed by atoms with Gasteiger partial charge in [0.15, 0.2) is 4.90 Å². The van der Waals surface area contributed by atoms with Gasteiger partial charge in [-0.15, -0.1) is 0 Å². The zero-order chi connectivity index (χ0) is 15.9. The molecule has 2 atom stereocenters. The molecule has 1 saturated heterocycles. The highest BCUT2D eigenvalue weighted by Gasteiger charge is 2.33. The Morgan fingerprint density at radius 2 is 1.67 bits per heavy atom. The number of hydrogen-bond acceptors (Lipinski definition) is 5. The first kappa shape index (κ1) is 15.9. The lowest BCUT2D eigenvalue weighted by Gasteiger charge is -2.35. The molecule has 0 spiro atoms. The van der Waals surface area contributed by atoms with Crippen LogP contribution < -0.4 is 16.6 Å². The van der Waals surface area contributed by atoms with Gasteiger partial charge in [0.1, 0.15) is 0 Å². The fourth-order valence-corrected chi connectivity index (χ4v) is 4.33. The Morgan fingerprint density at radius 3 is 2.19 bits per heavy atom. The maximum atomic E-state index is 12.7. The van der Waals surface area contributed by atoms with E-state index < -0.39 is 21.3 Å². The highest BCUT2D eigenvalue weighted by atomic mass is 32.2. The van der Waals surface area contributed by atoms with Crippen molar-refractivity contribution in [2.75, 3.05) is 13.1 Å². The van der Waals surface area contributed by atoms with E-state index in [1.54, 1.807) is 0 Å². The summed E-state index contributed by atoms with van der Waals surface area (Å²) < 4.78 is 28.6. The number of aromatic nitrogens is 2. The highest BCUT2D eigenvalue weighted by Crippen LogP contribution is 2.15. The van der Waals surface area contributed by atoms with Gasteiger partial charge in [0.05, 0.1) is 0 Å². The SMILES string of the molecule is C[C@H]1CN(S(=O)(=O)c2cn(C)c(=O)n(C)c2=O)C[C@H](C)N1. The third kappa shape index (κ3) is 2.81. The van der Waals surface area contributed by atoms with Gasteiger partial charge in [-0.25, -0.2) is 13.2 Å². The summed E-state index contributed by atoms with van der Waals surface area (Å²) in [7, 11) is -1.23. The van der Waals surface area contributed by atoms with E-state index >= 15 is 0 Å². The summed E-state index contributed by atoms with van der Waals surface area (Å²) in [5, 5.41) is 3.23. The van der Waals surface area contributed by atoms with E-state index in [1.165, 1.54) is 18.4 Å². The Balaban J connectivity index is 2.55. The summed E-state index contributed by atoms with van der Waals surface area (Å²) in [6.07, 6.45) is 1.09. The monoisotopic (exact) mass is 316 g/mol. The molecule has 1 aromatic rings. The van der Waals surface area contributed by atoms with E-state index in [1.807, 2.05) is 13.8 Å². The fraction of sp³-hybridized carbons (Fsp3) is 0.667. The Hall–Kier alpha value is -1.45. The summed E-state index contributed by atoms with van der Waals surface area (Å²) in [5.74, 6) is 0. The van der Waals surface area contributed by atoms with Crippen molar-refractivity contribution in [2.24, 2.45) is 14.1 Å². The van der Waals surface area contributed by atoms with Gasteiger partial charge in [-0.1, -0.05) is 0 Å². The van der Waals surface area contributed by atoms with Crippen LogP contribution in [-0.2, 0) is 24.1 Å². The van der Waals surface area contributed by atoms with Crippen molar-refractivity contribution >= 4 is 10.0 Å². The van der Waals surface area contributed by atoms with Crippen molar-refractivity contribution in [1.82, 2.24) is 18.8 Å². The number of rotatable bonds is 2. The topological polar surface area (TPSA) is 93.4 Å². The molecule has 1 aliphatic heterocycles. The first-order chi connectivity index (χ1) is 9.64. The van der Waals surface area contributed by atoms with Gasteiger partial charge in [0, 0.05) is 45.5 Å². The van der Waals surface area contributed by atoms with Crippen LogP contribution in [-0.4, -0.2) is 47.0 Å². The Kier molecular flexibility index (Phi) is 4.09. The lowest BCUT2D eigenvalue weighted by atomic mass is 10.2. The normalized spacial score (nSPS) is 24.2. The molecule has 8 nitrogen and oxygen atoms in total. The molecule has 2 rings (SSSR count). The van der Waals surface area contributed by atoms with Crippen LogP contribution in [0.1, 0.15) is 13.8 Å². The van der Waals surface area contributed by atoms with E-state index in [4.69, 9.17) is 0 Å². The van der Waals surface area contributed by atoms with E-state index in [0.29, 0.717) is 13.1 Å². The van der Waals surface area contributed by atoms with Gasteiger partial charge in [-0.2, -0.15) is 4.31 Å². The van der Waals surface area contributed by atoms with Crippen molar-refractivity contribution in [3.63, 3.8) is 0 Å². The van der Waals surface area contributed by atoms with E-state index in [9.17, 15) is 18.0 Å². The van der Waals surface area contributed by atoms with Gasteiger partial charge >= 0.3 is 5.69 Å². The zero-order valence-corrected chi connectivity index (χ0v) is 13.3. The summed E-state index contributed by atoms with van der Waals surface area (Å²) in [5.41, 5.74) is -1.35. The average Bonchev–Trinajstić information content (AvgIpc) is 2.39. The van der Waals surface area contributed by atoms with Crippen LogP contribution >= 0.6 is 0 Å². The second kappa shape index (κ2) is 5.39. The number of nitrogens with one attached hydrogen (secondary N) is 1. The number of piperazine rings is 1. The third-order valence-electron chi connectivity index (χ3n) is 3.56. The Morgan fingerprint density at radius 1 is 1.14 bits per heavy atom. The second-order valence-electron chi connectivity index (χ2n) is 5.54. The van der Waals surface area contributed by atoms with Crippen LogP contribution in [0.2, 0.25) is 0 Å². The van der Waals surface area contributed by atoms with Gasteiger partial charge in [0.25, 0.3) is 5.56 Å². The predicted octanol–water partition coefficient (Wildman–Crippen LogP) is -1.55. The quantitative estimate of drug-likeness (QED) is 0.713. The van der Waals surface area contributed by atoms with Gasteiger partial charge in [0.2, 0.25) is 10.0 Å². The molecule has 0 aliphatic carbocycles. The maximum absolute atomic E-state index is 12.7. The van der Waals surface area contributed by atoms with Crippen LogP contribution in [0.3, 0.4) is 0 Å². The molecule has 0 unspecified atom stereocenters. The van der Waals surface area contributed by atoms with Crippen molar-refractivity contribution in [2.45, 2.75) is 30.8 Å². The maximum Gasteiger partial charge on any atom is 0.330 e. The molecule has 0 aromatic carbocycles. The summed E-state index contributed by atoms with van der Waals surface area (Å²) in [6.45, 7) is 4.35. The summed E-state index contributed by atoms with van der Waals surface area (Å²) in [6, 6.07) is -0.000169. The molecule has 118 valence electrons. The van der Waals surface area contributed by atoms with Gasteiger partial charge in [-0.3, -0.25) is 9.36 Å². The first-order valence-corrected chi connectivity index (χ1v) is 8.11. The molecule has 0 bridgehead atoms. The molecule has 0 saturated carbocycles.